The first kappa shape index (κ1) is 16.3. The summed E-state index contributed by atoms with van der Waals surface area (Å²) in [7, 11) is -3.39. The van der Waals surface area contributed by atoms with Crippen LogP contribution >= 0.6 is 11.8 Å². The van der Waals surface area contributed by atoms with Crippen molar-refractivity contribution in [1.82, 2.24) is 4.72 Å². The number of benzene rings is 1. The predicted octanol–water partition coefficient (Wildman–Crippen LogP) is 2.54. The highest BCUT2D eigenvalue weighted by atomic mass is 32.2. The van der Waals surface area contributed by atoms with Crippen LogP contribution in [0.5, 0.6) is 0 Å². The summed E-state index contributed by atoms with van der Waals surface area (Å²) in [6, 6.07) is 6.75. The molecule has 4 nitrogen and oxygen atoms in total. The molecule has 0 atom stereocenters. The minimum atomic E-state index is -3.39. The lowest BCUT2D eigenvalue weighted by Crippen LogP contribution is -2.30. The maximum Gasteiger partial charge on any atom is 0.240 e. The van der Waals surface area contributed by atoms with Crippen LogP contribution < -0.4 is 10.0 Å². The summed E-state index contributed by atoms with van der Waals surface area (Å²) in [6.45, 7) is 4.51. The van der Waals surface area contributed by atoms with Crippen LogP contribution in [0.3, 0.4) is 0 Å². The number of hydrogen-bond donors (Lipinski definition) is 2. The van der Waals surface area contributed by atoms with Crippen molar-refractivity contribution in [3.05, 3.63) is 24.3 Å². The van der Waals surface area contributed by atoms with Crippen molar-refractivity contribution in [3.63, 3.8) is 0 Å². The monoisotopic (exact) mass is 302 g/mol. The third-order valence-electron chi connectivity index (χ3n) is 2.41. The molecule has 0 bridgehead atoms. The van der Waals surface area contributed by atoms with E-state index in [9.17, 15) is 8.42 Å². The Morgan fingerprint density at radius 3 is 2.37 bits per heavy atom. The molecule has 6 heteroatoms. The topological polar surface area (TPSA) is 58.2 Å². The summed E-state index contributed by atoms with van der Waals surface area (Å²) in [5.74, 6) is 1.12. The molecule has 0 spiro atoms. The molecule has 0 saturated heterocycles. The molecule has 0 saturated carbocycles. The quantitative estimate of drug-likeness (QED) is 0.725. The van der Waals surface area contributed by atoms with E-state index in [0.29, 0.717) is 4.90 Å². The Labute approximate surface area is 120 Å². The number of thioether (sulfide) groups is 1. The second-order valence-electron chi connectivity index (χ2n) is 4.57. The number of anilines is 1. The minimum Gasteiger partial charge on any atom is -0.385 e. The van der Waals surface area contributed by atoms with Crippen LogP contribution in [0.25, 0.3) is 0 Å². The number of hydrogen-bond acceptors (Lipinski definition) is 4. The average molecular weight is 302 g/mol. The van der Waals surface area contributed by atoms with Crippen molar-refractivity contribution < 1.29 is 8.42 Å². The highest BCUT2D eigenvalue weighted by Gasteiger charge is 2.14. The van der Waals surface area contributed by atoms with Gasteiger partial charge >= 0.3 is 0 Å². The van der Waals surface area contributed by atoms with Crippen molar-refractivity contribution in [2.24, 2.45) is 0 Å². The van der Waals surface area contributed by atoms with E-state index in [2.05, 4.69) is 16.3 Å². The average Bonchev–Trinajstić information content (AvgIpc) is 2.34. The van der Waals surface area contributed by atoms with Gasteiger partial charge in [0.1, 0.15) is 0 Å². The molecule has 0 fully saturated rings. The van der Waals surface area contributed by atoms with Gasteiger partial charge in [0.05, 0.1) is 4.90 Å². The van der Waals surface area contributed by atoms with Gasteiger partial charge < -0.3 is 5.32 Å². The van der Waals surface area contributed by atoms with Crippen molar-refractivity contribution in [1.29, 1.82) is 0 Å². The predicted molar refractivity (Wildman–Crippen MR) is 83.4 cm³/mol. The largest absolute Gasteiger partial charge is 0.385 e. The minimum absolute atomic E-state index is 0.102. The summed E-state index contributed by atoms with van der Waals surface area (Å²) in [5, 5.41) is 3.27. The summed E-state index contributed by atoms with van der Waals surface area (Å²) < 4.78 is 26.4. The zero-order valence-corrected chi connectivity index (χ0v) is 13.3. The van der Waals surface area contributed by atoms with E-state index in [1.165, 1.54) is 0 Å². The smallest absolute Gasteiger partial charge is 0.240 e. The van der Waals surface area contributed by atoms with Crippen molar-refractivity contribution >= 4 is 27.5 Å². The van der Waals surface area contributed by atoms with Crippen LogP contribution in [0.2, 0.25) is 0 Å². The first-order valence-corrected chi connectivity index (χ1v) is 9.18. The van der Waals surface area contributed by atoms with Crippen molar-refractivity contribution in [3.8, 4) is 0 Å². The van der Waals surface area contributed by atoms with E-state index in [1.807, 2.05) is 11.8 Å². The van der Waals surface area contributed by atoms with Gasteiger partial charge in [0, 0.05) is 18.3 Å². The van der Waals surface area contributed by atoms with Crippen LogP contribution in [0.1, 0.15) is 20.3 Å². The summed E-state index contributed by atoms with van der Waals surface area (Å²) in [6.07, 6.45) is 3.18. The number of rotatable bonds is 8. The summed E-state index contributed by atoms with van der Waals surface area (Å²) in [4.78, 5) is 0.302. The molecule has 0 aromatic heterocycles. The van der Waals surface area contributed by atoms with Gasteiger partial charge in [-0.05, 0) is 56.5 Å². The first-order valence-electron chi connectivity index (χ1n) is 6.31. The van der Waals surface area contributed by atoms with Gasteiger partial charge in [0.15, 0.2) is 0 Å². The number of nitrogens with one attached hydrogen (secondary N) is 2. The van der Waals surface area contributed by atoms with E-state index in [-0.39, 0.29) is 6.04 Å². The molecule has 1 rings (SSSR count). The Morgan fingerprint density at radius 1 is 1.21 bits per heavy atom. The Hall–Kier alpha value is -0.720. The van der Waals surface area contributed by atoms with Crippen LogP contribution in [-0.2, 0) is 10.0 Å². The third-order valence-corrected chi connectivity index (χ3v) is 4.78. The lowest BCUT2D eigenvalue weighted by atomic mass is 10.3. The first-order chi connectivity index (χ1) is 8.95. The van der Waals surface area contributed by atoms with Gasteiger partial charge in [0.2, 0.25) is 10.0 Å². The fourth-order valence-corrected chi connectivity index (χ4v) is 3.26. The highest BCUT2D eigenvalue weighted by molar-refractivity contribution is 7.98. The maximum absolute atomic E-state index is 11.9. The Kier molecular flexibility index (Phi) is 6.68. The Balaban J connectivity index is 2.61. The second kappa shape index (κ2) is 7.77. The molecule has 0 aliphatic rings. The molecule has 1 aromatic rings. The third kappa shape index (κ3) is 5.84. The van der Waals surface area contributed by atoms with Gasteiger partial charge in [-0.3, -0.25) is 0 Å². The van der Waals surface area contributed by atoms with Gasteiger partial charge in [-0.1, -0.05) is 0 Å². The van der Waals surface area contributed by atoms with Gasteiger partial charge in [0.25, 0.3) is 0 Å². The highest BCUT2D eigenvalue weighted by Crippen LogP contribution is 2.14. The van der Waals surface area contributed by atoms with Crippen molar-refractivity contribution in [2.75, 3.05) is 23.9 Å². The standard InChI is InChI=1S/C13H22N2O2S2/c1-11(2)15-19(16,17)13-7-5-12(6-8-13)14-9-4-10-18-3/h5-8,11,14-15H,4,9-10H2,1-3H3. The Bertz CT molecular complexity index is 470. The van der Waals surface area contributed by atoms with Gasteiger partial charge in [-0.15, -0.1) is 0 Å². The maximum atomic E-state index is 11.9. The molecule has 2 N–H and O–H groups in total. The molecule has 0 aliphatic heterocycles. The zero-order chi connectivity index (χ0) is 14.3. The molecular weight excluding hydrogens is 280 g/mol. The molecule has 0 amide bonds. The molecule has 0 heterocycles. The molecule has 108 valence electrons. The molecule has 0 radical (unpaired) electrons. The fraction of sp³-hybridized carbons (Fsp3) is 0.538. The van der Waals surface area contributed by atoms with Crippen LogP contribution in [0, 0.1) is 0 Å². The van der Waals surface area contributed by atoms with E-state index in [0.717, 1.165) is 24.4 Å². The second-order valence-corrected chi connectivity index (χ2v) is 7.27. The van der Waals surface area contributed by atoms with E-state index < -0.39 is 10.0 Å². The lowest BCUT2D eigenvalue weighted by Gasteiger charge is -2.10. The summed E-state index contributed by atoms with van der Waals surface area (Å²) >= 11 is 1.82. The van der Waals surface area contributed by atoms with Crippen LogP contribution in [0.15, 0.2) is 29.2 Å². The lowest BCUT2D eigenvalue weighted by molar-refractivity contribution is 0.570. The zero-order valence-electron chi connectivity index (χ0n) is 11.6. The molecule has 1 aromatic carbocycles. The van der Waals surface area contributed by atoms with E-state index in [1.54, 1.807) is 38.1 Å². The molecular formula is C13H22N2O2S2. The number of sulfonamides is 1. The van der Waals surface area contributed by atoms with Crippen molar-refractivity contribution in [2.45, 2.75) is 31.2 Å². The fourth-order valence-electron chi connectivity index (χ4n) is 1.58. The van der Waals surface area contributed by atoms with Gasteiger partial charge in [-0.2, -0.15) is 11.8 Å². The SMILES string of the molecule is CSCCCNc1ccc(S(=O)(=O)NC(C)C)cc1. The Morgan fingerprint density at radius 2 is 1.84 bits per heavy atom. The molecule has 0 unspecified atom stereocenters. The normalized spacial score (nSPS) is 11.8. The molecule has 0 aliphatic carbocycles. The summed E-state index contributed by atoms with van der Waals surface area (Å²) in [5.41, 5.74) is 0.949. The molecule has 19 heavy (non-hydrogen) atoms. The van der Waals surface area contributed by atoms with Gasteiger partial charge in [-0.25, -0.2) is 13.1 Å². The van der Waals surface area contributed by atoms with E-state index >= 15 is 0 Å². The van der Waals surface area contributed by atoms with Crippen LogP contribution in [0.4, 0.5) is 5.69 Å². The van der Waals surface area contributed by atoms with E-state index in [4.69, 9.17) is 0 Å². The van der Waals surface area contributed by atoms with Crippen LogP contribution in [-0.4, -0.2) is 33.0 Å².